The first-order valence-corrected chi connectivity index (χ1v) is 12.7. The zero-order valence-corrected chi connectivity index (χ0v) is 22.0. The summed E-state index contributed by atoms with van der Waals surface area (Å²) in [4.78, 5) is 26.0. The fourth-order valence-corrected chi connectivity index (χ4v) is 4.96. The number of hydrogen-bond acceptors (Lipinski definition) is 4. The van der Waals surface area contributed by atoms with Gasteiger partial charge in [0, 0.05) is 24.9 Å². The molecule has 3 aromatic carbocycles. The molecule has 0 fully saturated rings. The summed E-state index contributed by atoms with van der Waals surface area (Å²) in [6.07, 6.45) is 1.65. The number of carboxylic acids is 1. The summed E-state index contributed by atoms with van der Waals surface area (Å²) < 4.78 is 11.7. The van der Waals surface area contributed by atoms with Crippen LogP contribution in [0.15, 0.2) is 66.7 Å². The van der Waals surface area contributed by atoms with Gasteiger partial charge in [-0.2, -0.15) is 0 Å². The number of para-hydroxylation sites is 1. The van der Waals surface area contributed by atoms with Crippen LogP contribution in [0.25, 0.3) is 0 Å². The Hall–Kier alpha value is -3.80. The lowest BCUT2D eigenvalue weighted by molar-refractivity contribution is -0.144. The van der Waals surface area contributed by atoms with E-state index in [1.165, 1.54) is 16.0 Å². The highest BCUT2D eigenvalue weighted by molar-refractivity contribution is 5.83. The number of carbonyl (C=O) groups is 2. The highest BCUT2D eigenvalue weighted by Gasteiger charge is 2.35. The minimum Gasteiger partial charge on any atom is -0.496 e. The fourth-order valence-electron chi connectivity index (χ4n) is 4.96. The monoisotopic (exact) mass is 501 g/mol. The lowest BCUT2D eigenvalue weighted by Gasteiger charge is -2.24. The van der Waals surface area contributed by atoms with Crippen LogP contribution in [0.1, 0.15) is 54.5 Å². The summed E-state index contributed by atoms with van der Waals surface area (Å²) in [5, 5.41) is 9.41. The Morgan fingerprint density at radius 3 is 2.43 bits per heavy atom. The van der Waals surface area contributed by atoms with Crippen molar-refractivity contribution in [2.24, 2.45) is 0 Å². The van der Waals surface area contributed by atoms with E-state index in [1.807, 2.05) is 36.4 Å². The molecule has 0 aliphatic carbocycles. The highest BCUT2D eigenvalue weighted by atomic mass is 16.5. The maximum Gasteiger partial charge on any atom is 0.323 e. The summed E-state index contributed by atoms with van der Waals surface area (Å²) in [5.41, 5.74) is 4.87. The standard InChI is InChI=1S/C31H35NO5/c1-21(2)24-12-9-22(10-13-24)17-31(3)18-26-15-23(11-14-28(26)37-31)16-29(33)32(20-30(34)35)19-25-7-5-6-8-27(25)36-4/h5-15,21H,16-20H2,1-4H3,(H,34,35). The lowest BCUT2D eigenvalue weighted by atomic mass is 9.90. The second-order valence-corrected chi connectivity index (χ2v) is 10.4. The van der Waals surface area contributed by atoms with E-state index < -0.39 is 5.97 Å². The fraction of sp³-hybridized carbons (Fsp3) is 0.355. The summed E-state index contributed by atoms with van der Waals surface area (Å²) in [5.74, 6) is 0.661. The quantitative estimate of drug-likeness (QED) is 0.402. The number of nitrogens with zero attached hydrogens (tertiary/aromatic N) is 1. The molecule has 0 saturated heterocycles. The number of methoxy groups -OCH3 is 1. The molecular formula is C31H35NO5. The maximum absolute atomic E-state index is 13.2. The molecule has 0 saturated carbocycles. The van der Waals surface area contributed by atoms with Crippen molar-refractivity contribution in [2.45, 2.75) is 58.1 Å². The van der Waals surface area contributed by atoms with E-state index in [9.17, 15) is 14.7 Å². The van der Waals surface area contributed by atoms with Gasteiger partial charge in [0.1, 0.15) is 23.6 Å². The zero-order valence-electron chi connectivity index (χ0n) is 22.0. The molecule has 1 unspecified atom stereocenters. The van der Waals surface area contributed by atoms with Gasteiger partial charge in [0.05, 0.1) is 13.5 Å². The van der Waals surface area contributed by atoms with Crippen LogP contribution in [0.5, 0.6) is 11.5 Å². The summed E-state index contributed by atoms with van der Waals surface area (Å²) >= 11 is 0. The molecule has 1 atom stereocenters. The third-order valence-corrected chi connectivity index (χ3v) is 6.86. The molecule has 4 rings (SSSR count). The molecule has 0 bridgehead atoms. The Kier molecular flexibility index (Phi) is 7.86. The number of carboxylic acid groups (broad SMARTS) is 1. The minimum absolute atomic E-state index is 0.114. The predicted molar refractivity (Wildman–Crippen MR) is 143 cm³/mol. The number of rotatable bonds is 10. The predicted octanol–water partition coefficient (Wildman–Crippen LogP) is 5.41. The normalized spacial score (nSPS) is 16.2. The van der Waals surface area contributed by atoms with Crippen LogP contribution in [0.4, 0.5) is 0 Å². The van der Waals surface area contributed by atoms with Crippen molar-refractivity contribution >= 4 is 11.9 Å². The van der Waals surface area contributed by atoms with Crippen LogP contribution >= 0.6 is 0 Å². The van der Waals surface area contributed by atoms with Gasteiger partial charge in [-0.05, 0) is 47.2 Å². The average Bonchev–Trinajstić information content (AvgIpc) is 3.18. The van der Waals surface area contributed by atoms with E-state index in [0.717, 1.165) is 35.3 Å². The van der Waals surface area contributed by atoms with Crippen molar-refractivity contribution in [1.29, 1.82) is 0 Å². The van der Waals surface area contributed by atoms with Gasteiger partial charge in [-0.25, -0.2) is 0 Å². The topological polar surface area (TPSA) is 76.1 Å². The Bertz CT molecular complexity index is 1270. The molecule has 0 aromatic heterocycles. The smallest absolute Gasteiger partial charge is 0.323 e. The first-order chi connectivity index (χ1) is 17.7. The second kappa shape index (κ2) is 11.1. The molecule has 1 N–H and O–H groups in total. The first kappa shape index (κ1) is 26.3. The van der Waals surface area contributed by atoms with Crippen molar-refractivity contribution in [3.05, 3.63) is 94.5 Å². The third-order valence-electron chi connectivity index (χ3n) is 6.86. The molecule has 3 aromatic rings. The third kappa shape index (κ3) is 6.50. The van der Waals surface area contributed by atoms with Gasteiger partial charge in [0.15, 0.2) is 0 Å². The Labute approximate surface area is 218 Å². The molecule has 1 aliphatic rings. The molecule has 0 radical (unpaired) electrons. The molecule has 1 heterocycles. The number of aliphatic carboxylic acids is 1. The van der Waals surface area contributed by atoms with Gasteiger partial charge in [-0.1, -0.05) is 68.4 Å². The maximum atomic E-state index is 13.2. The van der Waals surface area contributed by atoms with Crippen molar-refractivity contribution in [1.82, 2.24) is 4.90 Å². The van der Waals surface area contributed by atoms with E-state index >= 15 is 0 Å². The van der Waals surface area contributed by atoms with Gasteiger partial charge < -0.3 is 19.5 Å². The Morgan fingerprint density at radius 1 is 1.05 bits per heavy atom. The highest BCUT2D eigenvalue weighted by Crippen LogP contribution is 2.38. The number of fused-ring (bicyclic) bond motifs is 1. The van der Waals surface area contributed by atoms with Crippen molar-refractivity contribution in [3.8, 4) is 11.5 Å². The molecule has 6 nitrogen and oxygen atoms in total. The Balaban J connectivity index is 1.45. The minimum atomic E-state index is -1.05. The molecule has 1 amide bonds. The second-order valence-electron chi connectivity index (χ2n) is 10.4. The molecule has 6 heteroatoms. The summed E-state index contributed by atoms with van der Waals surface area (Å²) in [6, 6.07) is 21.9. The van der Waals surface area contributed by atoms with Crippen LogP contribution in [0, 0.1) is 0 Å². The lowest BCUT2D eigenvalue weighted by Crippen LogP contribution is -2.36. The SMILES string of the molecule is COc1ccccc1CN(CC(=O)O)C(=O)Cc1ccc2c(c1)CC(C)(Cc1ccc(C(C)C)cc1)O2. The van der Waals surface area contributed by atoms with Crippen LogP contribution in [0.3, 0.4) is 0 Å². The number of carbonyl (C=O) groups excluding carboxylic acids is 1. The number of ether oxygens (including phenoxy) is 2. The molecule has 37 heavy (non-hydrogen) atoms. The first-order valence-electron chi connectivity index (χ1n) is 12.7. The van der Waals surface area contributed by atoms with Gasteiger partial charge in [0.2, 0.25) is 5.91 Å². The van der Waals surface area contributed by atoms with Gasteiger partial charge in [-0.3, -0.25) is 9.59 Å². The van der Waals surface area contributed by atoms with Crippen molar-refractivity contribution in [3.63, 3.8) is 0 Å². The van der Waals surface area contributed by atoms with Gasteiger partial charge >= 0.3 is 5.97 Å². The van der Waals surface area contributed by atoms with Gasteiger partial charge in [0.25, 0.3) is 0 Å². The molecule has 1 aliphatic heterocycles. The summed E-state index contributed by atoms with van der Waals surface area (Å²) in [7, 11) is 1.56. The average molecular weight is 502 g/mol. The van der Waals surface area contributed by atoms with Crippen molar-refractivity contribution < 1.29 is 24.2 Å². The van der Waals surface area contributed by atoms with E-state index in [0.29, 0.717) is 11.7 Å². The number of hydrogen-bond donors (Lipinski definition) is 1. The molecule has 194 valence electrons. The molecular weight excluding hydrogens is 466 g/mol. The molecule has 0 spiro atoms. The van der Waals surface area contributed by atoms with Crippen LogP contribution in [-0.2, 0) is 35.4 Å². The van der Waals surface area contributed by atoms with E-state index in [2.05, 4.69) is 45.0 Å². The van der Waals surface area contributed by atoms with Crippen molar-refractivity contribution in [2.75, 3.05) is 13.7 Å². The van der Waals surface area contributed by atoms with Crippen LogP contribution in [0.2, 0.25) is 0 Å². The van der Waals surface area contributed by atoms with E-state index in [1.54, 1.807) is 13.2 Å². The van der Waals surface area contributed by atoms with E-state index in [4.69, 9.17) is 9.47 Å². The zero-order chi connectivity index (χ0) is 26.6. The largest absolute Gasteiger partial charge is 0.496 e. The Morgan fingerprint density at radius 2 is 1.76 bits per heavy atom. The van der Waals surface area contributed by atoms with E-state index in [-0.39, 0.29) is 31.0 Å². The number of benzene rings is 3. The summed E-state index contributed by atoms with van der Waals surface area (Å²) in [6.45, 7) is 6.29. The van der Waals surface area contributed by atoms with Crippen LogP contribution < -0.4 is 9.47 Å². The van der Waals surface area contributed by atoms with Crippen LogP contribution in [-0.4, -0.2) is 41.1 Å². The number of amides is 1. The van der Waals surface area contributed by atoms with Gasteiger partial charge in [-0.15, -0.1) is 0 Å².